The zero-order valence-corrected chi connectivity index (χ0v) is 16.7. The summed E-state index contributed by atoms with van der Waals surface area (Å²) >= 11 is 0. The Morgan fingerprint density at radius 2 is 1.85 bits per heavy atom. The maximum Gasteiger partial charge on any atom is 0.191 e. The van der Waals surface area contributed by atoms with Crippen LogP contribution in [0, 0.1) is 13.8 Å². The maximum atomic E-state index is 4.75. The normalized spacial score (nSPS) is 11.8. The van der Waals surface area contributed by atoms with Crippen LogP contribution in [-0.4, -0.2) is 28.8 Å². The molecule has 0 spiro atoms. The molecule has 0 aliphatic carbocycles. The molecule has 2 aromatic carbocycles. The van der Waals surface area contributed by atoms with Gasteiger partial charge in [0.25, 0.3) is 0 Å². The number of rotatable bonds is 6. The lowest BCUT2D eigenvalue weighted by atomic mass is 10.0. The molecule has 2 N–H and O–H groups in total. The van der Waals surface area contributed by atoms with Crippen molar-refractivity contribution in [1.29, 1.82) is 0 Å². The molecule has 0 aliphatic rings. The van der Waals surface area contributed by atoms with Crippen molar-refractivity contribution in [2.45, 2.75) is 33.7 Å². The molecule has 5 heteroatoms. The topological polar surface area (TPSA) is 54.2 Å². The molecule has 0 fully saturated rings. The average Bonchev–Trinajstić information content (AvgIpc) is 2.91. The number of hydrogen-bond acceptors (Lipinski definition) is 2. The fourth-order valence-corrected chi connectivity index (χ4v) is 3.37. The van der Waals surface area contributed by atoms with Gasteiger partial charge in [0.05, 0.1) is 12.2 Å². The Hall–Kier alpha value is -2.82. The summed E-state index contributed by atoms with van der Waals surface area (Å²) in [6.07, 6.45) is 0.955. The molecule has 1 aromatic heterocycles. The Bertz CT molecular complexity index is 934. The third-order valence-corrected chi connectivity index (χ3v) is 4.97. The van der Waals surface area contributed by atoms with Gasteiger partial charge < -0.3 is 10.6 Å². The molecule has 0 amide bonds. The number of nitrogens with zero attached hydrogens (tertiary/aromatic N) is 3. The zero-order valence-electron chi connectivity index (χ0n) is 16.7. The molecule has 0 saturated heterocycles. The van der Waals surface area contributed by atoms with Crippen LogP contribution in [0.1, 0.15) is 29.4 Å². The van der Waals surface area contributed by atoms with Gasteiger partial charge in [-0.3, -0.25) is 4.68 Å². The van der Waals surface area contributed by atoms with E-state index in [2.05, 4.69) is 72.0 Å². The minimum Gasteiger partial charge on any atom is -0.357 e. The number of aliphatic imine (C=N–C) groups is 1. The average molecular weight is 364 g/mol. The van der Waals surface area contributed by atoms with Crippen LogP contribution in [0.2, 0.25) is 0 Å². The molecule has 0 atom stereocenters. The fourth-order valence-electron chi connectivity index (χ4n) is 3.37. The van der Waals surface area contributed by atoms with E-state index in [1.54, 1.807) is 0 Å². The number of nitrogens with one attached hydrogen (secondary N) is 2. The predicted octanol–water partition coefficient (Wildman–Crippen LogP) is 3.49. The molecule has 27 heavy (non-hydrogen) atoms. The van der Waals surface area contributed by atoms with Gasteiger partial charge in [-0.2, -0.15) is 5.10 Å². The first-order valence-electron chi connectivity index (χ1n) is 9.58. The van der Waals surface area contributed by atoms with Gasteiger partial charge in [-0.05, 0) is 43.5 Å². The molecule has 0 radical (unpaired) electrons. The number of benzene rings is 2. The van der Waals surface area contributed by atoms with E-state index in [0.717, 1.165) is 31.2 Å². The van der Waals surface area contributed by atoms with Crippen LogP contribution in [0.15, 0.2) is 47.5 Å². The van der Waals surface area contributed by atoms with E-state index in [1.807, 2.05) is 18.7 Å². The number of guanidine groups is 1. The van der Waals surface area contributed by atoms with E-state index in [1.165, 1.54) is 27.6 Å². The largest absolute Gasteiger partial charge is 0.357 e. The standard InChI is InChI=1S/C22H29N5/c1-5-23-22(25-15-21-16(2)26-27(4)17(21)3)24-14-13-19-11-8-10-18-9-6-7-12-20(18)19/h6-12H,5,13-15H2,1-4H3,(H2,23,24,25). The Morgan fingerprint density at radius 1 is 1.07 bits per heavy atom. The maximum absolute atomic E-state index is 4.75. The summed E-state index contributed by atoms with van der Waals surface area (Å²) in [4.78, 5) is 4.75. The first-order chi connectivity index (χ1) is 13.1. The molecule has 0 saturated carbocycles. The number of aryl methyl sites for hydroxylation is 2. The zero-order chi connectivity index (χ0) is 19.2. The summed E-state index contributed by atoms with van der Waals surface area (Å²) in [7, 11) is 1.98. The second-order valence-electron chi connectivity index (χ2n) is 6.78. The van der Waals surface area contributed by atoms with E-state index in [4.69, 9.17) is 4.99 Å². The van der Waals surface area contributed by atoms with Crippen LogP contribution in [0.3, 0.4) is 0 Å². The molecular formula is C22H29N5. The summed E-state index contributed by atoms with van der Waals surface area (Å²) < 4.78 is 1.92. The first-order valence-corrected chi connectivity index (χ1v) is 9.58. The highest BCUT2D eigenvalue weighted by molar-refractivity contribution is 5.85. The van der Waals surface area contributed by atoms with Crippen molar-refractivity contribution in [2.24, 2.45) is 12.0 Å². The monoisotopic (exact) mass is 363 g/mol. The van der Waals surface area contributed by atoms with Gasteiger partial charge in [0.2, 0.25) is 0 Å². The minimum atomic E-state index is 0.634. The fraction of sp³-hybridized carbons (Fsp3) is 0.364. The van der Waals surface area contributed by atoms with E-state index in [0.29, 0.717) is 6.54 Å². The first kappa shape index (κ1) is 19.0. The lowest BCUT2D eigenvalue weighted by Crippen LogP contribution is -2.38. The molecule has 0 unspecified atom stereocenters. The Labute approximate surface area is 161 Å². The Morgan fingerprint density at radius 3 is 2.59 bits per heavy atom. The van der Waals surface area contributed by atoms with Gasteiger partial charge >= 0.3 is 0 Å². The predicted molar refractivity (Wildman–Crippen MR) is 113 cm³/mol. The van der Waals surface area contributed by atoms with Crippen molar-refractivity contribution in [1.82, 2.24) is 20.4 Å². The Kier molecular flexibility index (Phi) is 6.12. The van der Waals surface area contributed by atoms with Gasteiger partial charge in [-0.1, -0.05) is 42.5 Å². The highest BCUT2D eigenvalue weighted by Gasteiger charge is 2.09. The highest BCUT2D eigenvalue weighted by atomic mass is 15.3. The van der Waals surface area contributed by atoms with Gasteiger partial charge in [-0.25, -0.2) is 4.99 Å². The van der Waals surface area contributed by atoms with Crippen LogP contribution in [0.25, 0.3) is 10.8 Å². The molecule has 142 valence electrons. The Balaban J connectivity index is 1.66. The molecule has 5 nitrogen and oxygen atoms in total. The second kappa shape index (κ2) is 8.71. The second-order valence-corrected chi connectivity index (χ2v) is 6.78. The SMILES string of the molecule is CCNC(=NCc1c(C)nn(C)c1C)NCCc1cccc2ccccc12. The van der Waals surface area contributed by atoms with Gasteiger partial charge in [-0.15, -0.1) is 0 Å². The third-order valence-electron chi connectivity index (χ3n) is 4.97. The molecule has 0 bridgehead atoms. The van der Waals surface area contributed by atoms with E-state index in [-0.39, 0.29) is 0 Å². The molecule has 0 aliphatic heterocycles. The van der Waals surface area contributed by atoms with Crippen molar-refractivity contribution < 1.29 is 0 Å². The molecule has 3 aromatic rings. The number of hydrogen-bond donors (Lipinski definition) is 2. The summed E-state index contributed by atoms with van der Waals surface area (Å²) in [6, 6.07) is 15.0. The highest BCUT2D eigenvalue weighted by Crippen LogP contribution is 2.18. The van der Waals surface area contributed by atoms with Gasteiger partial charge in [0, 0.05) is 31.4 Å². The van der Waals surface area contributed by atoms with Crippen LogP contribution in [0.5, 0.6) is 0 Å². The number of fused-ring (bicyclic) bond motifs is 1. The van der Waals surface area contributed by atoms with Gasteiger partial charge in [0.1, 0.15) is 0 Å². The number of aromatic nitrogens is 2. The summed E-state index contributed by atoms with van der Waals surface area (Å²) in [5.74, 6) is 0.848. The van der Waals surface area contributed by atoms with E-state index < -0.39 is 0 Å². The molecular weight excluding hydrogens is 334 g/mol. The lowest BCUT2D eigenvalue weighted by Gasteiger charge is -2.12. The third kappa shape index (κ3) is 4.48. The van der Waals surface area contributed by atoms with E-state index in [9.17, 15) is 0 Å². The van der Waals surface area contributed by atoms with Crippen molar-refractivity contribution in [3.8, 4) is 0 Å². The summed E-state index contributed by atoms with van der Waals surface area (Å²) in [5, 5.41) is 13.9. The van der Waals surface area contributed by atoms with Crippen LogP contribution in [-0.2, 0) is 20.0 Å². The van der Waals surface area contributed by atoms with Crippen LogP contribution >= 0.6 is 0 Å². The van der Waals surface area contributed by atoms with Crippen molar-refractivity contribution in [3.05, 3.63) is 65.0 Å². The lowest BCUT2D eigenvalue weighted by molar-refractivity contribution is 0.730. The smallest absolute Gasteiger partial charge is 0.191 e. The summed E-state index contributed by atoms with van der Waals surface area (Å²) in [5.41, 5.74) is 4.77. The molecule has 3 rings (SSSR count). The molecule has 1 heterocycles. The van der Waals surface area contributed by atoms with Crippen molar-refractivity contribution in [3.63, 3.8) is 0 Å². The van der Waals surface area contributed by atoms with Gasteiger partial charge in [0.15, 0.2) is 5.96 Å². The van der Waals surface area contributed by atoms with Crippen LogP contribution in [0.4, 0.5) is 0 Å². The van der Waals surface area contributed by atoms with E-state index >= 15 is 0 Å². The minimum absolute atomic E-state index is 0.634. The summed E-state index contributed by atoms with van der Waals surface area (Å²) in [6.45, 7) is 8.53. The van der Waals surface area contributed by atoms with Crippen LogP contribution < -0.4 is 10.6 Å². The quantitative estimate of drug-likeness (QED) is 0.521. The van der Waals surface area contributed by atoms with Crippen molar-refractivity contribution in [2.75, 3.05) is 13.1 Å². The van der Waals surface area contributed by atoms with Crippen molar-refractivity contribution >= 4 is 16.7 Å².